The molecule has 0 spiro atoms. The van der Waals surface area contributed by atoms with Crippen molar-refractivity contribution in [3.05, 3.63) is 10.8 Å². The Labute approximate surface area is 104 Å². The lowest BCUT2D eigenvalue weighted by molar-refractivity contribution is -0.146. The van der Waals surface area contributed by atoms with Gasteiger partial charge < -0.3 is 5.32 Å². The number of nitrogens with zero attached hydrogens (tertiary/aromatic N) is 4. The van der Waals surface area contributed by atoms with Crippen LogP contribution in [-0.4, -0.2) is 26.4 Å². The Morgan fingerprint density at radius 2 is 2.11 bits per heavy atom. The highest BCUT2D eigenvalue weighted by atomic mass is 32.1. The fraction of sp³-hybridized carbons (Fsp3) is 0.667. The topological polar surface area (TPSA) is 55.1 Å². The third-order valence-electron chi connectivity index (χ3n) is 2.87. The van der Waals surface area contributed by atoms with Crippen LogP contribution in [0.25, 0.3) is 4.96 Å². The fourth-order valence-electron chi connectivity index (χ4n) is 2.01. The van der Waals surface area contributed by atoms with Gasteiger partial charge in [0.25, 0.3) is 5.82 Å². The molecule has 98 valence electrons. The summed E-state index contributed by atoms with van der Waals surface area (Å²) in [5.41, 5.74) is 0. The third kappa shape index (κ3) is 1.97. The molecule has 0 bridgehead atoms. The third-order valence-corrected chi connectivity index (χ3v) is 3.88. The maximum Gasteiger partial charge on any atom is 0.453 e. The molecule has 0 aromatic carbocycles. The van der Waals surface area contributed by atoms with E-state index in [0.29, 0.717) is 5.01 Å². The largest absolute Gasteiger partial charge is 0.453 e. The van der Waals surface area contributed by atoms with Crippen LogP contribution in [0.2, 0.25) is 0 Å². The van der Waals surface area contributed by atoms with E-state index in [9.17, 15) is 13.2 Å². The number of fused-ring (bicyclic) bond motifs is 1. The summed E-state index contributed by atoms with van der Waals surface area (Å²) in [6.45, 7) is 0.872. The number of piperidine rings is 1. The Morgan fingerprint density at radius 3 is 2.78 bits per heavy atom. The van der Waals surface area contributed by atoms with E-state index in [0.717, 1.165) is 41.7 Å². The molecular weight excluding hydrogens is 267 g/mol. The van der Waals surface area contributed by atoms with Gasteiger partial charge >= 0.3 is 6.18 Å². The van der Waals surface area contributed by atoms with Gasteiger partial charge in [0.1, 0.15) is 5.01 Å². The van der Waals surface area contributed by atoms with E-state index >= 15 is 0 Å². The minimum Gasteiger partial charge on any atom is -0.308 e. The second-order valence-corrected chi connectivity index (χ2v) is 5.15. The van der Waals surface area contributed by atoms with E-state index in [1.807, 2.05) is 0 Å². The molecule has 0 aliphatic carbocycles. The first-order chi connectivity index (χ1) is 8.55. The van der Waals surface area contributed by atoms with Gasteiger partial charge in [0, 0.05) is 0 Å². The molecule has 1 N–H and O–H groups in total. The average Bonchev–Trinajstić information content (AvgIpc) is 2.87. The van der Waals surface area contributed by atoms with Crippen molar-refractivity contribution in [3.8, 4) is 0 Å². The van der Waals surface area contributed by atoms with Crippen LogP contribution < -0.4 is 5.32 Å². The summed E-state index contributed by atoms with van der Waals surface area (Å²) in [4.78, 5) is 0.185. The molecule has 3 heterocycles. The van der Waals surface area contributed by atoms with Gasteiger partial charge in [-0.05, 0) is 19.4 Å². The molecular formula is C9H10F3N5S. The first-order valence-corrected chi connectivity index (χ1v) is 6.40. The van der Waals surface area contributed by atoms with Crippen molar-refractivity contribution in [2.75, 3.05) is 6.54 Å². The highest BCUT2D eigenvalue weighted by Crippen LogP contribution is 2.31. The molecule has 18 heavy (non-hydrogen) atoms. The second-order valence-electron chi connectivity index (χ2n) is 4.16. The lowest BCUT2D eigenvalue weighted by Gasteiger charge is -2.20. The minimum absolute atomic E-state index is 0.0338. The van der Waals surface area contributed by atoms with Gasteiger partial charge in [0.2, 0.25) is 4.96 Å². The molecule has 3 rings (SSSR count). The standard InChI is InChI=1S/C9H10F3N5S/c10-9(11,12)7-14-15-8-17(7)16-6(18-8)5-3-1-2-4-13-5/h5,13H,1-4H2. The van der Waals surface area contributed by atoms with Crippen molar-refractivity contribution >= 4 is 16.3 Å². The zero-order valence-corrected chi connectivity index (χ0v) is 10.1. The predicted octanol–water partition coefficient (Wildman–Crippen LogP) is 2.02. The van der Waals surface area contributed by atoms with Crippen molar-refractivity contribution < 1.29 is 13.2 Å². The zero-order chi connectivity index (χ0) is 12.8. The Hall–Kier alpha value is -1.22. The van der Waals surface area contributed by atoms with Crippen LogP contribution in [0.5, 0.6) is 0 Å². The monoisotopic (exact) mass is 277 g/mol. The molecule has 1 atom stereocenters. The highest BCUT2D eigenvalue weighted by molar-refractivity contribution is 7.16. The van der Waals surface area contributed by atoms with Gasteiger partial charge in [-0.3, -0.25) is 0 Å². The van der Waals surface area contributed by atoms with Crippen molar-refractivity contribution in [1.29, 1.82) is 0 Å². The number of rotatable bonds is 1. The van der Waals surface area contributed by atoms with Gasteiger partial charge in [-0.15, -0.1) is 10.2 Å². The van der Waals surface area contributed by atoms with Crippen molar-refractivity contribution in [3.63, 3.8) is 0 Å². The lowest BCUT2D eigenvalue weighted by atomic mass is 10.1. The number of nitrogens with one attached hydrogen (secondary N) is 1. The molecule has 1 unspecified atom stereocenters. The Bertz CT molecular complexity index is 554. The quantitative estimate of drug-likeness (QED) is 0.866. The fourth-order valence-corrected chi connectivity index (χ4v) is 2.96. The summed E-state index contributed by atoms with van der Waals surface area (Å²) in [6, 6.07) is 0.0338. The summed E-state index contributed by atoms with van der Waals surface area (Å²) in [5.74, 6) is -1.06. The molecule has 2 aromatic rings. The van der Waals surface area contributed by atoms with Gasteiger partial charge in [0.05, 0.1) is 6.04 Å². The first-order valence-electron chi connectivity index (χ1n) is 5.58. The maximum absolute atomic E-state index is 12.6. The minimum atomic E-state index is -4.52. The molecule has 1 saturated heterocycles. The van der Waals surface area contributed by atoms with Crippen LogP contribution >= 0.6 is 11.3 Å². The molecule has 2 aromatic heterocycles. The highest BCUT2D eigenvalue weighted by Gasteiger charge is 2.38. The maximum atomic E-state index is 12.6. The number of hydrogen-bond donors (Lipinski definition) is 1. The van der Waals surface area contributed by atoms with Gasteiger partial charge in [-0.2, -0.15) is 22.8 Å². The summed E-state index contributed by atoms with van der Waals surface area (Å²) in [7, 11) is 0. The second kappa shape index (κ2) is 4.16. The summed E-state index contributed by atoms with van der Waals surface area (Å²) in [5, 5.41) is 14.5. The average molecular weight is 277 g/mol. The zero-order valence-electron chi connectivity index (χ0n) is 9.24. The van der Waals surface area contributed by atoms with Gasteiger partial charge in [-0.1, -0.05) is 17.8 Å². The van der Waals surface area contributed by atoms with Crippen molar-refractivity contribution in [2.45, 2.75) is 31.5 Å². The van der Waals surface area contributed by atoms with Gasteiger partial charge in [-0.25, -0.2) is 0 Å². The molecule has 9 heteroatoms. The van der Waals surface area contributed by atoms with Gasteiger partial charge in [0.15, 0.2) is 0 Å². The van der Waals surface area contributed by atoms with E-state index in [-0.39, 0.29) is 11.0 Å². The van der Waals surface area contributed by atoms with Crippen LogP contribution in [0.4, 0.5) is 13.2 Å². The van der Waals surface area contributed by atoms with Crippen LogP contribution in [0.1, 0.15) is 36.1 Å². The number of halogens is 3. The van der Waals surface area contributed by atoms with E-state index in [1.165, 1.54) is 0 Å². The molecule has 0 saturated carbocycles. The van der Waals surface area contributed by atoms with E-state index in [2.05, 4.69) is 20.6 Å². The number of aromatic nitrogens is 4. The van der Waals surface area contributed by atoms with E-state index in [4.69, 9.17) is 0 Å². The smallest absolute Gasteiger partial charge is 0.308 e. The van der Waals surface area contributed by atoms with E-state index in [1.54, 1.807) is 0 Å². The summed E-state index contributed by atoms with van der Waals surface area (Å²) in [6.07, 6.45) is -1.48. The first kappa shape index (κ1) is 11.8. The van der Waals surface area contributed by atoms with Crippen LogP contribution in [0.3, 0.4) is 0 Å². The summed E-state index contributed by atoms with van der Waals surface area (Å²) >= 11 is 1.16. The van der Waals surface area contributed by atoms with Crippen LogP contribution in [-0.2, 0) is 6.18 Å². The Kier molecular flexibility index (Phi) is 2.74. The lowest BCUT2D eigenvalue weighted by Crippen LogP contribution is -2.26. The van der Waals surface area contributed by atoms with Crippen LogP contribution in [0, 0.1) is 0 Å². The molecule has 1 aliphatic rings. The molecule has 1 fully saturated rings. The molecule has 5 nitrogen and oxygen atoms in total. The Morgan fingerprint density at radius 1 is 1.28 bits per heavy atom. The van der Waals surface area contributed by atoms with Crippen molar-refractivity contribution in [2.24, 2.45) is 0 Å². The predicted molar refractivity (Wildman–Crippen MR) is 58.3 cm³/mol. The normalized spacial score (nSPS) is 21.6. The summed E-state index contributed by atoms with van der Waals surface area (Å²) < 4.78 is 38.7. The molecule has 1 aliphatic heterocycles. The van der Waals surface area contributed by atoms with Crippen LogP contribution in [0.15, 0.2) is 0 Å². The van der Waals surface area contributed by atoms with E-state index < -0.39 is 12.0 Å². The number of alkyl halides is 3. The number of hydrogen-bond acceptors (Lipinski definition) is 5. The molecule has 0 radical (unpaired) electrons. The Balaban J connectivity index is 1.98. The van der Waals surface area contributed by atoms with Crippen molar-refractivity contribution in [1.82, 2.24) is 25.1 Å². The molecule has 0 amide bonds. The SMILES string of the molecule is FC(F)(F)c1nnc2sc(C3CCCCN3)nn12.